The summed E-state index contributed by atoms with van der Waals surface area (Å²) in [6.45, 7) is 1.95. The maximum atomic E-state index is 10.9. The van der Waals surface area contributed by atoms with E-state index in [1.165, 1.54) is 17.2 Å². The maximum Gasteiger partial charge on any atom is 0.267 e. The van der Waals surface area contributed by atoms with Gasteiger partial charge in [-0.3, -0.25) is 10.0 Å². The molecule has 0 bridgehead atoms. The molecule has 0 fully saturated rings. The van der Waals surface area contributed by atoms with Crippen molar-refractivity contribution in [2.75, 3.05) is 13.6 Å². The largest absolute Gasteiger partial charge is 0.302 e. The third-order valence-electron chi connectivity index (χ3n) is 3.82. The van der Waals surface area contributed by atoms with Crippen molar-refractivity contribution in [3.05, 3.63) is 77.4 Å². The minimum absolute atomic E-state index is 0.530. The van der Waals surface area contributed by atoms with Crippen LogP contribution in [0.15, 0.2) is 60.7 Å². The van der Waals surface area contributed by atoms with Crippen molar-refractivity contribution < 1.29 is 10.0 Å². The first-order valence-corrected chi connectivity index (χ1v) is 8.11. The minimum atomic E-state index is -0.530. The second-order valence-corrected chi connectivity index (χ2v) is 5.88. The Morgan fingerprint density at radius 2 is 1.79 bits per heavy atom. The summed E-state index contributed by atoms with van der Waals surface area (Å²) in [7, 11) is 2.13. The van der Waals surface area contributed by atoms with E-state index in [2.05, 4.69) is 48.3 Å². The Hall–Kier alpha value is -2.43. The van der Waals surface area contributed by atoms with Crippen molar-refractivity contribution >= 4 is 12.0 Å². The molecule has 0 aliphatic heterocycles. The van der Waals surface area contributed by atoms with E-state index in [0.717, 1.165) is 31.5 Å². The number of hydrogen-bond acceptors (Lipinski definition) is 3. The summed E-state index contributed by atoms with van der Waals surface area (Å²) in [5, 5.41) is 8.44. The Bertz CT molecular complexity index is 651. The van der Waals surface area contributed by atoms with Gasteiger partial charge in [-0.1, -0.05) is 54.6 Å². The number of carbonyl (C=O) groups is 1. The summed E-state index contributed by atoms with van der Waals surface area (Å²) in [4.78, 5) is 13.3. The lowest BCUT2D eigenvalue weighted by atomic mass is 10.1. The number of aryl methyl sites for hydroxylation is 1. The van der Waals surface area contributed by atoms with Crippen LogP contribution >= 0.6 is 0 Å². The Balaban J connectivity index is 1.76. The van der Waals surface area contributed by atoms with Crippen molar-refractivity contribution in [2.24, 2.45) is 0 Å². The van der Waals surface area contributed by atoms with Crippen LogP contribution in [0.5, 0.6) is 0 Å². The number of hydroxylamine groups is 1. The lowest BCUT2D eigenvalue weighted by Gasteiger charge is -2.16. The smallest absolute Gasteiger partial charge is 0.267 e. The van der Waals surface area contributed by atoms with E-state index in [9.17, 15) is 4.79 Å². The zero-order chi connectivity index (χ0) is 17.2. The van der Waals surface area contributed by atoms with E-state index in [0.29, 0.717) is 0 Å². The van der Waals surface area contributed by atoms with Gasteiger partial charge in [0.2, 0.25) is 0 Å². The van der Waals surface area contributed by atoms with Crippen LogP contribution in [0.2, 0.25) is 0 Å². The predicted octanol–water partition coefficient (Wildman–Crippen LogP) is 3.27. The number of nitrogens with zero attached hydrogens (tertiary/aromatic N) is 1. The van der Waals surface area contributed by atoms with Gasteiger partial charge in [-0.2, -0.15) is 0 Å². The van der Waals surface area contributed by atoms with Crippen molar-refractivity contribution in [3.8, 4) is 0 Å². The zero-order valence-electron chi connectivity index (χ0n) is 14.0. The molecule has 0 spiro atoms. The first-order chi connectivity index (χ1) is 11.7. The van der Waals surface area contributed by atoms with Crippen LogP contribution in [0.25, 0.3) is 6.08 Å². The lowest BCUT2D eigenvalue weighted by Crippen LogP contribution is -2.19. The highest BCUT2D eigenvalue weighted by atomic mass is 16.5. The Labute approximate surface area is 143 Å². The topological polar surface area (TPSA) is 52.6 Å². The highest BCUT2D eigenvalue weighted by Crippen LogP contribution is 2.09. The van der Waals surface area contributed by atoms with Crippen LogP contribution in [0, 0.1) is 0 Å². The molecule has 2 aromatic rings. The average molecular weight is 324 g/mol. The number of rotatable bonds is 8. The number of amides is 1. The third-order valence-corrected chi connectivity index (χ3v) is 3.82. The second-order valence-electron chi connectivity index (χ2n) is 5.88. The molecule has 0 radical (unpaired) electrons. The summed E-state index contributed by atoms with van der Waals surface area (Å²) in [6, 6.07) is 18.6. The fraction of sp³-hybridized carbons (Fsp3) is 0.250. The van der Waals surface area contributed by atoms with E-state index in [4.69, 9.17) is 5.21 Å². The Kier molecular flexibility index (Phi) is 7.21. The molecule has 0 atom stereocenters. The maximum absolute atomic E-state index is 10.9. The van der Waals surface area contributed by atoms with Gasteiger partial charge in [0.05, 0.1) is 0 Å². The summed E-state index contributed by atoms with van der Waals surface area (Å²) >= 11 is 0. The van der Waals surface area contributed by atoms with Crippen LogP contribution in [0.4, 0.5) is 0 Å². The van der Waals surface area contributed by atoms with Crippen LogP contribution in [0.1, 0.15) is 23.1 Å². The number of nitrogens with one attached hydrogen (secondary N) is 1. The summed E-state index contributed by atoms with van der Waals surface area (Å²) in [6.07, 6.45) is 5.20. The second kappa shape index (κ2) is 9.65. The van der Waals surface area contributed by atoms with Gasteiger partial charge in [-0.15, -0.1) is 0 Å². The number of benzene rings is 2. The predicted molar refractivity (Wildman–Crippen MR) is 96.5 cm³/mol. The van der Waals surface area contributed by atoms with Gasteiger partial charge in [0.15, 0.2) is 0 Å². The molecule has 0 heterocycles. The van der Waals surface area contributed by atoms with Gasteiger partial charge in [0.25, 0.3) is 5.91 Å². The molecule has 2 aromatic carbocycles. The molecular weight excluding hydrogens is 300 g/mol. The standard InChI is InChI=1S/C20H24N2O2/c1-22(15-5-8-17-6-3-2-4-7-17)16-19-11-9-18(10-12-19)13-14-20(23)21-24/h2-4,6-7,9-14,24H,5,8,15-16H2,1H3,(H,21,23)/b14-13+. The van der Waals surface area contributed by atoms with Gasteiger partial charge in [-0.05, 0) is 49.2 Å². The van der Waals surface area contributed by atoms with Gasteiger partial charge in [0.1, 0.15) is 0 Å². The fourth-order valence-corrected chi connectivity index (χ4v) is 2.53. The summed E-state index contributed by atoms with van der Waals surface area (Å²) < 4.78 is 0. The van der Waals surface area contributed by atoms with Crippen LogP contribution in [0.3, 0.4) is 0 Å². The summed E-state index contributed by atoms with van der Waals surface area (Å²) in [5.74, 6) is -0.530. The highest BCUT2D eigenvalue weighted by molar-refractivity contribution is 5.90. The third kappa shape index (κ3) is 6.36. The highest BCUT2D eigenvalue weighted by Gasteiger charge is 2.01. The average Bonchev–Trinajstić information content (AvgIpc) is 2.61. The fourth-order valence-electron chi connectivity index (χ4n) is 2.53. The van der Waals surface area contributed by atoms with Gasteiger partial charge >= 0.3 is 0 Å². The molecular formula is C20H24N2O2. The zero-order valence-corrected chi connectivity index (χ0v) is 14.0. The van der Waals surface area contributed by atoms with E-state index < -0.39 is 5.91 Å². The SMILES string of the molecule is CN(CCCc1ccccc1)Cc1ccc(/C=C/C(=O)NO)cc1. The quantitative estimate of drug-likeness (QED) is 0.445. The molecule has 0 saturated carbocycles. The van der Waals surface area contributed by atoms with Crippen molar-refractivity contribution in [2.45, 2.75) is 19.4 Å². The lowest BCUT2D eigenvalue weighted by molar-refractivity contribution is -0.124. The van der Waals surface area contributed by atoms with Crippen LogP contribution < -0.4 is 5.48 Å². The molecule has 0 aliphatic carbocycles. The van der Waals surface area contributed by atoms with Crippen LogP contribution in [-0.4, -0.2) is 29.6 Å². The number of carbonyl (C=O) groups excluding carboxylic acids is 1. The molecule has 0 aliphatic rings. The molecule has 0 saturated heterocycles. The molecule has 4 nitrogen and oxygen atoms in total. The molecule has 126 valence electrons. The first-order valence-electron chi connectivity index (χ1n) is 8.11. The van der Waals surface area contributed by atoms with E-state index in [1.807, 2.05) is 18.2 Å². The van der Waals surface area contributed by atoms with Gasteiger partial charge in [0, 0.05) is 12.6 Å². The van der Waals surface area contributed by atoms with Gasteiger partial charge in [-0.25, -0.2) is 5.48 Å². The minimum Gasteiger partial charge on any atom is -0.302 e. The molecule has 0 aromatic heterocycles. The van der Waals surface area contributed by atoms with Crippen molar-refractivity contribution in [3.63, 3.8) is 0 Å². The number of hydrogen-bond donors (Lipinski definition) is 2. The summed E-state index contributed by atoms with van der Waals surface area (Å²) in [5.41, 5.74) is 5.12. The van der Waals surface area contributed by atoms with E-state index in [1.54, 1.807) is 11.6 Å². The Morgan fingerprint density at radius 1 is 1.08 bits per heavy atom. The molecule has 24 heavy (non-hydrogen) atoms. The van der Waals surface area contributed by atoms with E-state index >= 15 is 0 Å². The van der Waals surface area contributed by atoms with Crippen molar-refractivity contribution in [1.29, 1.82) is 0 Å². The molecule has 1 amide bonds. The molecule has 4 heteroatoms. The Morgan fingerprint density at radius 3 is 2.46 bits per heavy atom. The normalized spacial score (nSPS) is 11.1. The molecule has 2 N–H and O–H groups in total. The van der Waals surface area contributed by atoms with Crippen molar-refractivity contribution in [1.82, 2.24) is 10.4 Å². The van der Waals surface area contributed by atoms with Gasteiger partial charge < -0.3 is 4.90 Å². The molecule has 0 unspecified atom stereocenters. The monoisotopic (exact) mass is 324 g/mol. The van der Waals surface area contributed by atoms with E-state index in [-0.39, 0.29) is 0 Å². The van der Waals surface area contributed by atoms with Crippen LogP contribution in [-0.2, 0) is 17.8 Å². The molecule has 2 rings (SSSR count). The first kappa shape index (κ1) is 17.9.